The van der Waals surface area contributed by atoms with Gasteiger partial charge in [0, 0.05) is 35.2 Å². The third-order valence-corrected chi connectivity index (χ3v) is 3.67. The number of hydrogen-bond donors (Lipinski definition) is 2. The van der Waals surface area contributed by atoms with Crippen molar-refractivity contribution in [3.05, 3.63) is 34.5 Å². The van der Waals surface area contributed by atoms with Crippen LogP contribution < -0.4 is 11.5 Å². The largest absolute Gasteiger partial charge is 0.346 e. The van der Waals surface area contributed by atoms with Gasteiger partial charge in [-0.2, -0.15) is 0 Å². The minimum absolute atomic E-state index is 0.631. The summed E-state index contributed by atoms with van der Waals surface area (Å²) in [5.74, 6) is 0. The number of nitrogens with two attached hydrogens (primary N) is 2. The Morgan fingerprint density at radius 2 is 2.00 bits per heavy atom. The van der Waals surface area contributed by atoms with Crippen LogP contribution in [0.2, 0.25) is 5.02 Å². The molecule has 0 atom stereocenters. The van der Waals surface area contributed by atoms with Crippen LogP contribution in [0, 0.1) is 6.92 Å². The van der Waals surface area contributed by atoms with Gasteiger partial charge in [0.1, 0.15) is 0 Å². The lowest BCUT2D eigenvalue weighted by Crippen LogP contribution is -2.08. The number of hydrogen-bond acceptors (Lipinski definition) is 2. The van der Waals surface area contributed by atoms with Gasteiger partial charge in [0.25, 0.3) is 0 Å². The lowest BCUT2D eigenvalue weighted by molar-refractivity contribution is 0.729. The predicted molar refractivity (Wildman–Crippen MR) is 78.1 cm³/mol. The molecular formula is C14H20ClN3. The quantitative estimate of drug-likeness (QED) is 0.873. The molecule has 2 aromatic rings. The van der Waals surface area contributed by atoms with Crippen LogP contribution in [0.1, 0.15) is 17.5 Å². The van der Waals surface area contributed by atoms with Crippen molar-refractivity contribution < 1.29 is 0 Å². The molecule has 0 radical (unpaired) electrons. The average molecular weight is 266 g/mol. The molecule has 0 saturated carbocycles. The number of nitrogens with zero attached hydrogens (tertiary/aromatic N) is 1. The fourth-order valence-electron chi connectivity index (χ4n) is 2.31. The number of rotatable bonds is 5. The second-order valence-corrected chi connectivity index (χ2v) is 5.05. The Labute approximate surface area is 113 Å². The van der Waals surface area contributed by atoms with Crippen molar-refractivity contribution in [1.82, 2.24) is 4.57 Å². The number of aryl methyl sites for hydroxylation is 2. The molecule has 0 aliphatic rings. The Hall–Kier alpha value is -1.03. The van der Waals surface area contributed by atoms with Gasteiger partial charge >= 0.3 is 0 Å². The van der Waals surface area contributed by atoms with E-state index in [1.165, 1.54) is 16.5 Å². The van der Waals surface area contributed by atoms with Crippen LogP contribution in [0.4, 0.5) is 0 Å². The first-order valence-corrected chi connectivity index (χ1v) is 6.73. The highest BCUT2D eigenvalue weighted by atomic mass is 35.5. The van der Waals surface area contributed by atoms with E-state index < -0.39 is 0 Å². The van der Waals surface area contributed by atoms with E-state index in [0.29, 0.717) is 6.54 Å². The van der Waals surface area contributed by atoms with E-state index in [1.807, 2.05) is 13.0 Å². The summed E-state index contributed by atoms with van der Waals surface area (Å²) in [6, 6.07) is 4.20. The van der Waals surface area contributed by atoms with Gasteiger partial charge in [0.2, 0.25) is 0 Å². The fourth-order valence-corrected chi connectivity index (χ4v) is 2.47. The van der Waals surface area contributed by atoms with Crippen LogP contribution in [0.5, 0.6) is 0 Å². The Morgan fingerprint density at radius 1 is 1.22 bits per heavy atom. The molecule has 0 spiro atoms. The first-order chi connectivity index (χ1) is 8.67. The summed E-state index contributed by atoms with van der Waals surface area (Å²) in [5, 5.41) is 2.09. The zero-order valence-electron chi connectivity index (χ0n) is 10.7. The van der Waals surface area contributed by atoms with E-state index in [2.05, 4.69) is 16.8 Å². The van der Waals surface area contributed by atoms with E-state index in [0.717, 1.165) is 36.5 Å². The molecule has 3 nitrogen and oxygen atoms in total. The molecule has 0 aliphatic carbocycles. The Balaban J connectivity index is 2.53. The lowest BCUT2D eigenvalue weighted by atomic mass is 10.1. The zero-order chi connectivity index (χ0) is 13.1. The molecule has 4 heteroatoms. The second-order valence-electron chi connectivity index (χ2n) is 4.65. The molecule has 1 heterocycles. The molecule has 1 aromatic heterocycles. The van der Waals surface area contributed by atoms with Crippen molar-refractivity contribution in [3.8, 4) is 0 Å². The van der Waals surface area contributed by atoms with Crippen molar-refractivity contribution in [2.45, 2.75) is 26.3 Å². The monoisotopic (exact) mass is 265 g/mol. The highest BCUT2D eigenvalue weighted by Crippen LogP contribution is 2.28. The number of fused-ring (bicyclic) bond motifs is 1. The summed E-state index contributed by atoms with van der Waals surface area (Å²) < 4.78 is 2.19. The minimum Gasteiger partial charge on any atom is -0.346 e. The second kappa shape index (κ2) is 5.74. The van der Waals surface area contributed by atoms with E-state index in [4.69, 9.17) is 23.1 Å². The lowest BCUT2D eigenvalue weighted by Gasteiger charge is -2.04. The third kappa shape index (κ3) is 2.53. The van der Waals surface area contributed by atoms with Gasteiger partial charge in [-0.05, 0) is 49.6 Å². The first-order valence-electron chi connectivity index (χ1n) is 6.35. The maximum atomic E-state index is 6.21. The van der Waals surface area contributed by atoms with Crippen LogP contribution in [0.15, 0.2) is 18.3 Å². The molecular weight excluding hydrogens is 246 g/mol. The summed E-state index contributed by atoms with van der Waals surface area (Å²) in [6.07, 6.45) is 4.19. The van der Waals surface area contributed by atoms with E-state index in [9.17, 15) is 0 Å². The van der Waals surface area contributed by atoms with Crippen molar-refractivity contribution >= 4 is 22.5 Å². The topological polar surface area (TPSA) is 57.0 Å². The maximum absolute atomic E-state index is 6.21. The Morgan fingerprint density at radius 3 is 2.67 bits per heavy atom. The highest BCUT2D eigenvalue weighted by molar-refractivity contribution is 6.32. The van der Waals surface area contributed by atoms with E-state index in [1.54, 1.807) is 0 Å². The molecule has 0 bridgehead atoms. The number of aromatic nitrogens is 1. The van der Waals surface area contributed by atoms with Crippen LogP contribution in [0.3, 0.4) is 0 Å². The van der Waals surface area contributed by atoms with Crippen molar-refractivity contribution in [2.75, 3.05) is 13.1 Å². The molecule has 0 aliphatic heterocycles. The molecule has 0 amide bonds. The van der Waals surface area contributed by atoms with Crippen molar-refractivity contribution in [1.29, 1.82) is 0 Å². The van der Waals surface area contributed by atoms with Crippen LogP contribution in [0.25, 0.3) is 10.9 Å². The summed E-state index contributed by atoms with van der Waals surface area (Å²) in [6.45, 7) is 4.20. The Bertz CT molecular complexity index is 545. The van der Waals surface area contributed by atoms with Crippen molar-refractivity contribution in [3.63, 3.8) is 0 Å². The standard InChI is InChI=1S/C14H20ClN3/c1-10-7-12-11(3-2-4-16)9-18(6-5-17)14(12)8-13(10)15/h7-9H,2-6,16-17H2,1H3. The normalized spacial score (nSPS) is 11.3. The van der Waals surface area contributed by atoms with Gasteiger partial charge in [-0.15, -0.1) is 0 Å². The third-order valence-electron chi connectivity index (χ3n) is 3.26. The summed E-state index contributed by atoms with van der Waals surface area (Å²) >= 11 is 6.21. The average Bonchev–Trinajstić information content (AvgIpc) is 2.66. The molecule has 98 valence electrons. The fraction of sp³-hybridized carbons (Fsp3) is 0.429. The molecule has 1 aromatic carbocycles. The van der Waals surface area contributed by atoms with E-state index in [-0.39, 0.29) is 0 Å². The van der Waals surface area contributed by atoms with Gasteiger partial charge in [-0.25, -0.2) is 0 Å². The highest BCUT2D eigenvalue weighted by Gasteiger charge is 2.10. The smallest absolute Gasteiger partial charge is 0.0498 e. The number of benzene rings is 1. The van der Waals surface area contributed by atoms with Gasteiger partial charge < -0.3 is 16.0 Å². The minimum atomic E-state index is 0.631. The summed E-state index contributed by atoms with van der Waals surface area (Å²) in [5.41, 5.74) is 14.9. The Kier molecular flexibility index (Phi) is 4.27. The molecule has 4 N–H and O–H groups in total. The van der Waals surface area contributed by atoms with Crippen LogP contribution >= 0.6 is 11.6 Å². The number of halogens is 1. The molecule has 0 saturated heterocycles. The zero-order valence-corrected chi connectivity index (χ0v) is 11.5. The van der Waals surface area contributed by atoms with Crippen LogP contribution in [-0.4, -0.2) is 17.7 Å². The van der Waals surface area contributed by atoms with Crippen LogP contribution in [-0.2, 0) is 13.0 Å². The molecule has 2 rings (SSSR count). The molecule has 0 fully saturated rings. The summed E-state index contributed by atoms with van der Waals surface area (Å²) in [4.78, 5) is 0. The van der Waals surface area contributed by atoms with Gasteiger partial charge in [0.05, 0.1) is 0 Å². The van der Waals surface area contributed by atoms with Gasteiger partial charge in [0.15, 0.2) is 0 Å². The van der Waals surface area contributed by atoms with E-state index >= 15 is 0 Å². The molecule has 18 heavy (non-hydrogen) atoms. The van der Waals surface area contributed by atoms with Crippen molar-refractivity contribution in [2.24, 2.45) is 11.5 Å². The first kappa shape index (κ1) is 13.4. The van der Waals surface area contributed by atoms with Gasteiger partial charge in [-0.1, -0.05) is 11.6 Å². The maximum Gasteiger partial charge on any atom is 0.0498 e. The van der Waals surface area contributed by atoms with Gasteiger partial charge in [-0.3, -0.25) is 0 Å². The predicted octanol–water partition coefficient (Wildman–Crippen LogP) is 2.45. The molecule has 0 unspecified atom stereocenters. The summed E-state index contributed by atoms with van der Waals surface area (Å²) in [7, 11) is 0. The SMILES string of the molecule is Cc1cc2c(CCCN)cn(CCN)c2cc1Cl.